The molecular formula is C13H16F4N2. The lowest BCUT2D eigenvalue weighted by Gasteiger charge is -2.33. The lowest BCUT2D eigenvalue weighted by molar-refractivity contribution is -0.137. The van der Waals surface area contributed by atoms with Gasteiger partial charge in [0, 0.05) is 13.1 Å². The Kier molecular flexibility index (Phi) is 3.99. The Labute approximate surface area is 109 Å². The van der Waals surface area contributed by atoms with Crippen molar-refractivity contribution >= 4 is 5.69 Å². The van der Waals surface area contributed by atoms with Gasteiger partial charge >= 0.3 is 6.18 Å². The van der Waals surface area contributed by atoms with Crippen molar-refractivity contribution in [2.75, 3.05) is 24.5 Å². The summed E-state index contributed by atoms with van der Waals surface area (Å²) < 4.78 is 51.1. The van der Waals surface area contributed by atoms with Crippen LogP contribution in [0.5, 0.6) is 0 Å². The van der Waals surface area contributed by atoms with Crippen molar-refractivity contribution in [2.24, 2.45) is 11.7 Å². The molecule has 1 aromatic carbocycles. The lowest BCUT2D eigenvalue weighted by Crippen LogP contribution is -2.36. The zero-order valence-corrected chi connectivity index (χ0v) is 10.4. The van der Waals surface area contributed by atoms with Gasteiger partial charge in [0.1, 0.15) is 5.82 Å². The Morgan fingerprint density at radius 3 is 2.32 bits per heavy atom. The molecule has 1 aromatic rings. The fourth-order valence-electron chi connectivity index (χ4n) is 2.35. The highest BCUT2D eigenvalue weighted by Crippen LogP contribution is 2.33. The molecule has 2 N–H and O–H groups in total. The van der Waals surface area contributed by atoms with Crippen molar-refractivity contribution in [1.82, 2.24) is 0 Å². The average molecular weight is 276 g/mol. The van der Waals surface area contributed by atoms with Gasteiger partial charge in [0.2, 0.25) is 0 Å². The number of nitrogens with zero attached hydrogens (tertiary/aromatic N) is 1. The van der Waals surface area contributed by atoms with Gasteiger partial charge < -0.3 is 10.6 Å². The molecule has 0 radical (unpaired) electrons. The summed E-state index contributed by atoms with van der Waals surface area (Å²) in [6.45, 7) is 1.86. The van der Waals surface area contributed by atoms with E-state index in [1.807, 2.05) is 0 Å². The van der Waals surface area contributed by atoms with E-state index in [1.54, 1.807) is 4.90 Å². The van der Waals surface area contributed by atoms with Crippen LogP contribution < -0.4 is 10.6 Å². The number of anilines is 1. The number of benzene rings is 1. The quantitative estimate of drug-likeness (QED) is 0.841. The van der Waals surface area contributed by atoms with Crippen LogP contribution in [0.2, 0.25) is 0 Å². The van der Waals surface area contributed by atoms with Crippen LogP contribution in [0.15, 0.2) is 18.2 Å². The second-order valence-corrected chi connectivity index (χ2v) is 4.83. The summed E-state index contributed by atoms with van der Waals surface area (Å²) in [5.41, 5.74) is 4.85. The number of nitrogens with two attached hydrogens (primary N) is 1. The first-order valence-electron chi connectivity index (χ1n) is 6.23. The maximum atomic E-state index is 13.8. The second kappa shape index (κ2) is 5.36. The summed E-state index contributed by atoms with van der Waals surface area (Å²) in [5, 5.41) is 0. The van der Waals surface area contributed by atoms with E-state index in [1.165, 1.54) is 6.07 Å². The number of hydrogen-bond donors (Lipinski definition) is 1. The van der Waals surface area contributed by atoms with E-state index in [9.17, 15) is 17.6 Å². The van der Waals surface area contributed by atoms with Gasteiger partial charge in [-0.25, -0.2) is 4.39 Å². The first-order valence-corrected chi connectivity index (χ1v) is 6.23. The fraction of sp³-hybridized carbons (Fsp3) is 0.538. The molecule has 0 saturated carbocycles. The maximum absolute atomic E-state index is 13.8. The number of halogens is 4. The third kappa shape index (κ3) is 3.18. The molecule has 1 fully saturated rings. The highest BCUT2D eigenvalue weighted by molar-refractivity contribution is 5.50. The van der Waals surface area contributed by atoms with Gasteiger partial charge in [-0.1, -0.05) is 0 Å². The van der Waals surface area contributed by atoms with E-state index in [2.05, 4.69) is 0 Å². The van der Waals surface area contributed by atoms with E-state index in [-0.39, 0.29) is 5.69 Å². The summed E-state index contributed by atoms with van der Waals surface area (Å²) in [4.78, 5) is 1.78. The molecule has 0 unspecified atom stereocenters. The van der Waals surface area contributed by atoms with Crippen molar-refractivity contribution < 1.29 is 17.6 Å². The molecule has 1 aliphatic heterocycles. The minimum Gasteiger partial charge on any atom is -0.369 e. The highest BCUT2D eigenvalue weighted by atomic mass is 19.4. The van der Waals surface area contributed by atoms with Crippen LogP contribution in [0.4, 0.5) is 23.2 Å². The summed E-state index contributed by atoms with van der Waals surface area (Å²) in [6, 6.07) is 2.69. The predicted octanol–water partition coefficient (Wildman–Crippen LogP) is 3.02. The van der Waals surface area contributed by atoms with Crippen LogP contribution in [-0.2, 0) is 6.18 Å². The van der Waals surface area contributed by atoms with Gasteiger partial charge in [0.25, 0.3) is 0 Å². The topological polar surface area (TPSA) is 29.3 Å². The number of alkyl halides is 3. The first kappa shape index (κ1) is 14.1. The summed E-state index contributed by atoms with van der Waals surface area (Å²) in [6.07, 6.45) is -2.82. The van der Waals surface area contributed by atoms with Gasteiger partial charge in [0.05, 0.1) is 11.3 Å². The summed E-state index contributed by atoms with van der Waals surface area (Å²) in [5.74, 6) is -0.394. The van der Waals surface area contributed by atoms with Crippen LogP contribution in [-0.4, -0.2) is 19.6 Å². The van der Waals surface area contributed by atoms with Gasteiger partial charge in [0.15, 0.2) is 0 Å². The molecule has 0 amide bonds. The Hall–Kier alpha value is -1.30. The van der Waals surface area contributed by atoms with E-state index in [4.69, 9.17) is 5.73 Å². The molecule has 0 spiro atoms. The molecule has 1 saturated heterocycles. The molecule has 6 heteroatoms. The van der Waals surface area contributed by atoms with Crippen LogP contribution in [0, 0.1) is 11.7 Å². The van der Waals surface area contributed by atoms with Gasteiger partial charge in [-0.15, -0.1) is 0 Å². The lowest BCUT2D eigenvalue weighted by atomic mass is 9.96. The summed E-state index contributed by atoms with van der Waals surface area (Å²) in [7, 11) is 0. The largest absolute Gasteiger partial charge is 0.416 e. The Morgan fingerprint density at radius 1 is 1.21 bits per heavy atom. The van der Waals surface area contributed by atoms with E-state index in [0.29, 0.717) is 31.6 Å². The molecular weight excluding hydrogens is 260 g/mol. The average Bonchev–Trinajstić information content (AvgIpc) is 2.38. The van der Waals surface area contributed by atoms with Crippen molar-refractivity contribution in [1.29, 1.82) is 0 Å². The molecule has 2 nitrogen and oxygen atoms in total. The second-order valence-electron chi connectivity index (χ2n) is 4.83. The zero-order chi connectivity index (χ0) is 14.0. The van der Waals surface area contributed by atoms with Crippen LogP contribution in [0.3, 0.4) is 0 Å². The van der Waals surface area contributed by atoms with Crippen molar-refractivity contribution in [3.63, 3.8) is 0 Å². The molecule has 1 aliphatic rings. The molecule has 19 heavy (non-hydrogen) atoms. The SMILES string of the molecule is NCC1CCN(c2ccc(C(F)(F)F)cc2F)CC1. The first-order chi connectivity index (χ1) is 8.91. The fourth-order valence-corrected chi connectivity index (χ4v) is 2.35. The predicted molar refractivity (Wildman–Crippen MR) is 65.4 cm³/mol. The van der Waals surface area contributed by atoms with Crippen LogP contribution >= 0.6 is 0 Å². The Morgan fingerprint density at radius 2 is 1.84 bits per heavy atom. The minimum absolute atomic E-state index is 0.239. The smallest absolute Gasteiger partial charge is 0.369 e. The van der Waals surface area contributed by atoms with E-state index >= 15 is 0 Å². The zero-order valence-electron chi connectivity index (χ0n) is 10.4. The third-order valence-electron chi connectivity index (χ3n) is 3.56. The molecule has 0 atom stereocenters. The van der Waals surface area contributed by atoms with Crippen LogP contribution in [0.25, 0.3) is 0 Å². The number of piperidine rings is 1. The van der Waals surface area contributed by atoms with Crippen molar-refractivity contribution in [3.05, 3.63) is 29.6 Å². The highest BCUT2D eigenvalue weighted by Gasteiger charge is 2.31. The summed E-state index contributed by atoms with van der Waals surface area (Å²) >= 11 is 0. The molecule has 0 aromatic heterocycles. The number of rotatable bonds is 2. The van der Waals surface area contributed by atoms with E-state index < -0.39 is 17.6 Å². The van der Waals surface area contributed by atoms with Crippen molar-refractivity contribution in [3.8, 4) is 0 Å². The van der Waals surface area contributed by atoms with Crippen LogP contribution in [0.1, 0.15) is 18.4 Å². The Bertz CT molecular complexity index is 437. The standard InChI is InChI=1S/C13H16F4N2/c14-11-7-10(13(15,16)17)1-2-12(11)19-5-3-9(8-18)4-6-19/h1-2,7,9H,3-6,8,18H2. The monoisotopic (exact) mass is 276 g/mol. The molecule has 106 valence electrons. The number of hydrogen-bond acceptors (Lipinski definition) is 2. The third-order valence-corrected chi connectivity index (χ3v) is 3.56. The van der Waals surface area contributed by atoms with Crippen molar-refractivity contribution in [2.45, 2.75) is 19.0 Å². The molecule has 2 rings (SSSR count). The molecule has 0 bridgehead atoms. The molecule has 1 heterocycles. The van der Waals surface area contributed by atoms with Gasteiger partial charge in [-0.3, -0.25) is 0 Å². The Balaban J connectivity index is 2.14. The van der Waals surface area contributed by atoms with Gasteiger partial charge in [-0.2, -0.15) is 13.2 Å². The molecule has 0 aliphatic carbocycles. The maximum Gasteiger partial charge on any atom is 0.416 e. The van der Waals surface area contributed by atoms with E-state index in [0.717, 1.165) is 18.9 Å². The minimum atomic E-state index is -4.51. The van der Waals surface area contributed by atoms with Gasteiger partial charge in [-0.05, 0) is 43.5 Å². The normalized spacial score (nSPS) is 17.8.